The van der Waals surface area contributed by atoms with Crippen molar-refractivity contribution in [3.8, 4) is 0 Å². The first-order valence-electron chi connectivity index (χ1n) is 5.37. The number of carbonyl (C=O) groups excluding carboxylic acids is 2. The summed E-state index contributed by atoms with van der Waals surface area (Å²) in [6, 6.07) is 8.65. The van der Waals surface area contributed by atoms with Gasteiger partial charge < -0.3 is 0 Å². The highest BCUT2D eigenvalue weighted by molar-refractivity contribution is 9.11. The molecule has 19 heavy (non-hydrogen) atoms. The maximum absolute atomic E-state index is 12.6. The normalized spacial score (nSPS) is 13.2. The van der Waals surface area contributed by atoms with Crippen molar-refractivity contribution in [2.24, 2.45) is 0 Å². The van der Waals surface area contributed by atoms with Gasteiger partial charge in [-0.15, -0.1) is 0 Å². The zero-order chi connectivity index (χ0) is 13.7. The van der Waals surface area contributed by atoms with Crippen LogP contribution in [-0.2, 0) is 0 Å². The Balaban J connectivity index is 2.39. The van der Waals surface area contributed by atoms with Gasteiger partial charge in [-0.2, -0.15) is 0 Å². The first kappa shape index (κ1) is 13.2. The van der Waals surface area contributed by atoms with E-state index in [1.165, 1.54) is 0 Å². The van der Waals surface area contributed by atoms with Crippen molar-refractivity contribution in [1.82, 2.24) is 0 Å². The van der Waals surface area contributed by atoms with E-state index in [2.05, 4.69) is 47.8 Å². The third kappa shape index (κ3) is 1.95. The summed E-state index contributed by atoms with van der Waals surface area (Å²) in [7, 11) is 0. The Morgan fingerprint density at radius 1 is 0.684 bits per heavy atom. The monoisotopic (exact) mass is 442 g/mol. The number of fused-ring (bicyclic) bond motifs is 2. The molecule has 0 heterocycles. The highest BCUT2D eigenvalue weighted by Gasteiger charge is 2.32. The molecule has 1 aliphatic rings. The Bertz CT molecular complexity index is 751. The molecule has 0 spiro atoms. The number of benzene rings is 2. The molecule has 3 rings (SSSR count). The number of hydrogen-bond acceptors (Lipinski definition) is 2. The molecule has 94 valence electrons. The molecule has 2 aromatic carbocycles. The van der Waals surface area contributed by atoms with E-state index in [1.54, 1.807) is 30.3 Å². The number of ketones is 2. The fourth-order valence-electron chi connectivity index (χ4n) is 2.17. The molecule has 0 amide bonds. The Kier molecular flexibility index (Phi) is 3.23. The van der Waals surface area contributed by atoms with Gasteiger partial charge in [0, 0.05) is 35.7 Å². The fraction of sp³-hybridized carbons (Fsp3) is 0. The second-order valence-electron chi connectivity index (χ2n) is 4.13. The molecular formula is C14H5Br3O2. The van der Waals surface area contributed by atoms with Crippen LogP contribution in [0.5, 0.6) is 0 Å². The molecule has 0 bridgehead atoms. The largest absolute Gasteiger partial charge is 0.289 e. The summed E-state index contributed by atoms with van der Waals surface area (Å²) < 4.78 is 2.05. The van der Waals surface area contributed by atoms with E-state index in [0.717, 1.165) is 4.47 Å². The molecule has 0 N–H and O–H groups in total. The van der Waals surface area contributed by atoms with Crippen LogP contribution in [-0.4, -0.2) is 11.6 Å². The number of halogens is 3. The molecule has 0 aromatic heterocycles. The Morgan fingerprint density at radius 3 is 1.79 bits per heavy atom. The summed E-state index contributed by atoms with van der Waals surface area (Å²) in [6.07, 6.45) is 0. The van der Waals surface area contributed by atoms with Crippen LogP contribution < -0.4 is 0 Å². The lowest BCUT2D eigenvalue weighted by atomic mass is 9.84. The molecule has 0 radical (unpaired) electrons. The van der Waals surface area contributed by atoms with Gasteiger partial charge >= 0.3 is 0 Å². The van der Waals surface area contributed by atoms with E-state index in [4.69, 9.17) is 0 Å². The van der Waals surface area contributed by atoms with E-state index >= 15 is 0 Å². The lowest BCUT2D eigenvalue weighted by molar-refractivity contribution is 0.0978. The maximum atomic E-state index is 12.6. The topological polar surface area (TPSA) is 34.1 Å². The molecule has 2 aromatic rings. The lowest BCUT2D eigenvalue weighted by Gasteiger charge is -2.19. The van der Waals surface area contributed by atoms with Crippen molar-refractivity contribution in [2.75, 3.05) is 0 Å². The summed E-state index contributed by atoms with van der Waals surface area (Å²) in [5.74, 6) is -0.274. The fourth-order valence-corrected chi connectivity index (χ4v) is 3.55. The molecule has 2 nitrogen and oxygen atoms in total. The number of rotatable bonds is 0. The van der Waals surface area contributed by atoms with E-state index in [1.807, 2.05) is 0 Å². The Labute approximate surface area is 134 Å². The minimum atomic E-state index is -0.140. The SMILES string of the molecule is O=C1c2ccc(Br)cc2C(=O)c2c(Br)ccc(Br)c21. The zero-order valence-corrected chi connectivity index (χ0v) is 14.1. The van der Waals surface area contributed by atoms with Gasteiger partial charge in [0.05, 0.1) is 0 Å². The van der Waals surface area contributed by atoms with Gasteiger partial charge in [0.2, 0.25) is 0 Å². The van der Waals surface area contributed by atoms with Crippen LogP contribution in [0.4, 0.5) is 0 Å². The molecule has 1 aliphatic carbocycles. The zero-order valence-electron chi connectivity index (χ0n) is 9.34. The molecule has 0 aliphatic heterocycles. The summed E-state index contributed by atoms with van der Waals surface area (Å²) in [6.45, 7) is 0. The summed E-state index contributed by atoms with van der Waals surface area (Å²) in [5.41, 5.74) is 1.73. The van der Waals surface area contributed by atoms with Gasteiger partial charge in [0.25, 0.3) is 0 Å². The summed E-state index contributed by atoms with van der Waals surface area (Å²) in [4.78, 5) is 25.1. The van der Waals surface area contributed by atoms with E-state index in [9.17, 15) is 9.59 Å². The lowest BCUT2D eigenvalue weighted by Crippen LogP contribution is -2.22. The van der Waals surface area contributed by atoms with Crippen LogP contribution in [0.15, 0.2) is 43.7 Å². The average Bonchev–Trinajstić information content (AvgIpc) is 2.38. The van der Waals surface area contributed by atoms with Crippen LogP contribution in [0.3, 0.4) is 0 Å². The van der Waals surface area contributed by atoms with Gasteiger partial charge in [0.1, 0.15) is 0 Å². The Hall–Kier alpha value is -0.780. The molecular weight excluding hydrogens is 440 g/mol. The predicted octanol–water partition coefficient (Wildman–Crippen LogP) is 4.75. The first-order valence-corrected chi connectivity index (χ1v) is 7.75. The summed E-state index contributed by atoms with van der Waals surface area (Å²) >= 11 is 10.0. The number of carbonyl (C=O) groups is 2. The molecule has 5 heteroatoms. The highest BCUT2D eigenvalue weighted by atomic mass is 79.9. The van der Waals surface area contributed by atoms with Gasteiger partial charge in [0.15, 0.2) is 11.6 Å². The second kappa shape index (κ2) is 4.65. The second-order valence-corrected chi connectivity index (χ2v) is 6.75. The first-order chi connectivity index (χ1) is 9.00. The quantitative estimate of drug-likeness (QED) is 0.501. The predicted molar refractivity (Wildman–Crippen MR) is 82.8 cm³/mol. The van der Waals surface area contributed by atoms with Crippen molar-refractivity contribution >= 4 is 59.4 Å². The Morgan fingerprint density at radius 2 is 1.21 bits per heavy atom. The number of hydrogen-bond donors (Lipinski definition) is 0. The minimum Gasteiger partial charge on any atom is -0.289 e. The summed E-state index contributed by atoms with van der Waals surface area (Å²) in [5, 5.41) is 0. The van der Waals surface area contributed by atoms with Crippen molar-refractivity contribution in [3.05, 3.63) is 66.0 Å². The van der Waals surface area contributed by atoms with Crippen molar-refractivity contribution < 1.29 is 9.59 Å². The molecule has 0 atom stereocenters. The third-order valence-corrected chi connectivity index (χ3v) is 4.84. The van der Waals surface area contributed by atoms with E-state index in [-0.39, 0.29) is 11.6 Å². The van der Waals surface area contributed by atoms with Crippen molar-refractivity contribution in [1.29, 1.82) is 0 Å². The minimum absolute atomic E-state index is 0.134. The molecule has 0 unspecified atom stereocenters. The van der Waals surface area contributed by atoms with Gasteiger partial charge in [-0.1, -0.05) is 47.8 Å². The molecule has 0 saturated carbocycles. The molecule has 0 saturated heterocycles. The van der Waals surface area contributed by atoms with Gasteiger partial charge in [-0.05, 0) is 30.3 Å². The average molecular weight is 445 g/mol. The van der Waals surface area contributed by atoms with Crippen molar-refractivity contribution in [2.45, 2.75) is 0 Å². The van der Waals surface area contributed by atoms with Crippen LogP contribution in [0.25, 0.3) is 0 Å². The molecule has 0 fully saturated rings. The van der Waals surface area contributed by atoms with Crippen LogP contribution in [0.2, 0.25) is 0 Å². The van der Waals surface area contributed by atoms with Crippen LogP contribution in [0, 0.1) is 0 Å². The maximum Gasteiger partial charge on any atom is 0.195 e. The van der Waals surface area contributed by atoms with E-state index in [0.29, 0.717) is 31.2 Å². The smallest absolute Gasteiger partial charge is 0.195 e. The van der Waals surface area contributed by atoms with Gasteiger partial charge in [-0.3, -0.25) is 9.59 Å². The highest BCUT2D eigenvalue weighted by Crippen LogP contribution is 2.36. The van der Waals surface area contributed by atoms with Crippen LogP contribution >= 0.6 is 47.8 Å². The van der Waals surface area contributed by atoms with Crippen molar-refractivity contribution in [3.63, 3.8) is 0 Å². The standard InChI is InChI=1S/C14H5Br3O2/c15-6-1-2-7-8(5-6)14(19)12-10(17)4-3-9(16)11(12)13(7)18/h1-5H. The van der Waals surface area contributed by atoms with Gasteiger partial charge in [-0.25, -0.2) is 0 Å². The van der Waals surface area contributed by atoms with E-state index < -0.39 is 0 Å². The third-order valence-electron chi connectivity index (χ3n) is 3.03. The van der Waals surface area contributed by atoms with Crippen LogP contribution in [0.1, 0.15) is 31.8 Å².